The minimum absolute atomic E-state index is 0. The van der Waals surface area contributed by atoms with Crippen LogP contribution in [0.25, 0.3) is 0 Å². The van der Waals surface area contributed by atoms with E-state index in [9.17, 15) is 8.78 Å². The second-order valence-corrected chi connectivity index (χ2v) is 5.64. The molecule has 0 unspecified atom stereocenters. The zero-order valence-corrected chi connectivity index (χ0v) is 17.4. The molecule has 2 rings (SSSR count). The third-order valence-corrected chi connectivity index (χ3v) is 3.89. The molecule has 0 saturated carbocycles. The van der Waals surface area contributed by atoms with Crippen LogP contribution in [0.5, 0.6) is 5.75 Å². The third-order valence-electron chi connectivity index (χ3n) is 3.89. The summed E-state index contributed by atoms with van der Waals surface area (Å²) >= 11 is 0. The van der Waals surface area contributed by atoms with Crippen molar-refractivity contribution in [2.75, 3.05) is 20.7 Å². The summed E-state index contributed by atoms with van der Waals surface area (Å²) in [6.45, 7) is 2.99. The van der Waals surface area contributed by atoms with Gasteiger partial charge in [-0.3, -0.25) is 4.99 Å². The molecule has 26 heavy (non-hydrogen) atoms. The Morgan fingerprint density at radius 2 is 1.88 bits per heavy atom. The Bertz CT molecular complexity index is 754. The van der Waals surface area contributed by atoms with E-state index in [1.807, 2.05) is 6.92 Å². The van der Waals surface area contributed by atoms with Crippen LogP contribution in [0, 0.1) is 18.6 Å². The van der Waals surface area contributed by atoms with Crippen LogP contribution >= 0.6 is 24.0 Å². The number of aryl methyl sites for hydroxylation is 1. The fourth-order valence-electron chi connectivity index (χ4n) is 2.48. The lowest BCUT2D eigenvalue weighted by Crippen LogP contribution is -2.37. The van der Waals surface area contributed by atoms with Gasteiger partial charge in [0.1, 0.15) is 5.82 Å². The van der Waals surface area contributed by atoms with E-state index in [0.717, 1.165) is 23.1 Å². The van der Waals surface area contributed by atoms with E-state index in [1.165, 1.54) is 25.3 Å². The highest BCUT2D eigenvalue weighted by atomic mass is 127. The SMILES string of the molecule is CN=C(NCCc1ccc(F)cc1C)NCc1ccc(OC)c(F)c1.I. The summed E-state index contributed by atoms with van der Waals surface area (Å²) in [5.41, 5.74) is 2.80. The summed E-state index contributed by atoms with van der Waals surface area (Å²) in [7, 11) is 3.11. The smallest absolute Gasteiger partial charge is 0.191 e. The minimum Gasteiger partial charge on any atom is -0.494 e. The molecule has 0 atom stereocenters. The van der Waals surface area contributed by atoms with Gasteiger partial charge in [0.05, 0.1) is 7.11 Å². The highest BCUT2D eigenvalue weighted by Crippen LogP contribution is 2.17. The van der Waals surface area contributed by atoms with Crippen LogP contribution < -0.4 is 15.4 Å². The predicted octanol–water partition coefficient (Wildman–Crippen LogP) is 3.81. The molecule has 0 bridgehead atoms. The number of hydrogen-bond acceptors (Lipinski definition) is 2. The van der Waals surface area contributed by atoms with E-state index in [4.69, 9.17) is 4.74 Å². The molecule has 0 aliphatic carbocycles. The Morgan fingerprint density at radius 1 is 1.12 bits per heavy atom. The van der Waals surface area contributed by atoms with Crippen molar-refractivity contribution in [2.24, 2.45) is 4.99 Å². The van der Waals surface area contributed by atoms with Gasteiger partial charge in [-0.2, -0.15) is 0 Å². The average Bonchev–Trinajstić information content (AvgIpc) is 2.59. The molecule has 0 spiro atoms. The maximum atomic E-state index is 13.7. The lowest BCUT2D eigenvalue weighted by Gasteiger charge is -2.13. The van der Waals surface area contributed by atoms with Crippen molar-refractivity contribution in [1.29, 1.82) is 0 Å². The van der Waals surface area contributed by atoms with Crippen molar-refractivity contribution in [2.45, 2.75) is 19.9 Å². The first-order valence-corrected chi connectivity index (χ1v) is 8.05. The van der Waals surface area contributed by atoms with Crippen LogP contribution in [-0.4, -0.2) is 26.7 Å². The maximum Gasteiger partial charge on any atom is 0.191 e. The van der Waals surface area contributed by atoms with Gasteiger partial charge in [-0.05, 0) is 54.3 Å². The summed E-state index contributed by atoms with van der Waals surface area (Å²) in [4.78, 5) is 4.14. The molecule has 2 N–H and O–H groups in total. The van der Waals surface area contributed by atoms with Crippen LogP contribution in [0.1, 0.15) is 16.7 Å². The van der Waals surface area contributed by atoms with E-state index in [1.54, 1.807) is 25.2 Å². The normalized spacial score (nSPS) is 10.9. The monoisotopic (exact) mass is 475 g/mol. The molecule has 0 aromatic heterocycles. The molecule has 0 heterocycles. The third kappa shape index (κ3) is 6.44. The number of ether oxygens (including phenoxy) is 1. The standard InChI is InChI=1S/C19H23F2N3O.HI/c1-13-10-16(20)6-5-15(13)8-9-23-19(22-2)24-12-14-4-7-18(25-3)17(21)11-14;/h4-7,10-11H,8-9,12H2,1-3H3,(H2,22,23,24);1H. The van der Waals surface area contributed by atoms with E-state index in [0.29, 0.717) is 19.0 Å². The Balaban J connectivity index is 0.00000338. The molecule has 4 nitrogen and oxygen atoms in total. The molecule has 7 heteroatoms. The number of halogens is 3. The number of rotatable bonds is 6. The summed E-state index contributed by atoms with van der Waals surface area (Å²) in [5, 5.41) is 6.33. The molecule has 0 fully saturated rings. The second kappa shape index (κ2) is 10.9. The summed E-state index contributed by atoms with van der Waals surface area (Å²) < 4.78 is 31.7. The number of methoxy groups -OCH3 is 1. The lowest BCUT2D eigenvalue weighted by molar-refractivity contribution is 0.386. The Labute approximate surface area is 170 Å². The Kier molecular flexibility index (Phi) is 9.32. The Morgan fingerprint density at radius 3 is 2.50 bits per heavy atom. The van der Waals surface area contributed by atoms with Gasteiger partial charge in [-0.15, -0.1) is 24.0 Å². The topological polar surface area (TPSA) is 45.7 Å². The quantitative estimate of drug-likeness (QED) is 0.380. The van der Waals surface area contributed by atoms with Crippen LogP contribution in [0.4, 0.5) is 8.78 Å². The zero-order chi connectivity index (χ0) is 18.2. The first kappa shape index (κ1) is 22.1. The molecular formula is C19H24F2IN3O. The number of nitrogens with zero attached hydrogens (tertiary/aromatic N) is 1. The van der Waals surface area contributed by atoms with Gasteiger partial charge < -0.3 is 15.4 Å². The summed E-state index contributed by atoms with van der Waals surface area (Å²) in [6.07, 6.45) is 0.754. The molecular weight excluding hydrogens is 451 g/mol. The summed E-state index contributed by atoms with van der Waals surface area (Å²) in [5.74, 6) is 0.229. The molecule has 2 aromatic carbocycles. The highest BCUT2D eigenvalue weighted by Gasteiger charge is 2.05. The first-order valence-electron chi connectivity index (χ1n) is 8.05. The van der Waals surface area contributed by atoms with Crippen molar-refractivity contribution in [1.82, 2.24) is 10.6 Å². The summed E-state index contributed by atoms with van der Waals surface area (Å²) in [6, 6.07) is 9.61. The molecule has 0 aliphatic heterocycles. The molecule has 0 radical (unpaired) electrons. The largest absolute Gasteiger partial charge is 0.494 e. The van der Waals surface area contributed by atoms with E-state index in [2.05, 4.69) is 15.6 Å². The highest BCUT2D eigenvalue weighted by molar-refractivity contribution is 14.0. The molecule has 0 saturated heterocycles. The second-order valence-electron chi connectivity index (χ2n) is 5.64. The fourth-order valence-corrected chi connectivity index (χ4v) is 2.48. The van der Waals surface area contributed by atoms with Crippen LogP contribution in [0.3, 0.4) is 0 Å². The van der Waals surface area contributed by atoms with Crippen molar-refractivity contribution < 1.29 is 13.5 Å². The molecule has 0 amide bonds. The number of aliphatic imine (C=N–C) groups is 1. The van der Waals surface area contributed by atoms with E-state index >= 15 is 0 Å². The number of hydrogen-bond donors (Lipinski definition) is 2. The molecule has 0 aliphatic rings. The van der Waals surface area contributed by atoms with E-state index in [-0.39, 0.29) is 35.5 Å². The minimum atomic E-state index is -0.392. The lowest BCUT2D eigenvalue weighted by atomic mass is 10.1. The maximum absolute atomic E-state index is 13.7. The van der Waals surface area contributed by atoms with Gasteiger partial charge in [-0.1, -0.05) is 12.1 Å². The number of guanidine groups is 1. The van der Waals surface area contributed by atoms with Gasteiger partial charge in [0.25, 0.3) is 0 Å². The first-order chi connectivity index (χ1) is 12.0. The van der Waals surface area contributed by atoms with Gasteiger partial charge in [0.2, 0.25) is 0 Å². The predicted molar refractivity (Wildman–Crippen MR) is 111 cm³/mol. The van der Waals surface area contributed by atoms with Crippen molar-refractivity contribution in [3.8, 4) is 5.75 Å². The average molecular weight is 475 g/mol. The van der Waals surface area contributed by atoms with Crippen molar-refractivity contribution >= 4 is 29.9 Å². The molecule has 142 valence electrons. The van der Waals surface area contributed by atoms with Crippen molar-refractivity contribution in [3.05, 3.63) is 64.7 Å². The van der Waals surface area contributed by atoms with Gasteiger partial charge >= 0.3 is 0 Å². The number of benzene rings is 2. The Hall–Kier alpha value is -1.90. The number of nitrogens with one attached hydrogen (secondary N) is 2. The molecule has 2 aromatic rings. The van der Waals surface area contributed by atoms with Gasteiger partial charge in [0, 0.05) is 20.1 Å². The van der Waals surface area contributed by atoms with Crippen LogP contribution in [-0.2, 0) is 13.0 Å². The zero-order valence-electron chi connectivity index (χ0n) is 15.1. The van der Waals surface area contributed by atoms with Gasteiger partial charge in [-0.25, -0.2) is 8.78 Å². The fraction of sp³-hybridized carbons (Fsp3) is 0.316. The van der Waals surface area contributed by atoms with Crippen LogP contribution in [0.2, 0.25) is 0 Å². The van der Waals surface area contributed by atoms with Gasteiger partial charge in [0.15, 0.2) is 17.5 Å². The van der Waals surface area contributed by atoms with E-state index < -0.39 is 5.82 Å². The van der Waals surface area contributed by atoms with Crippen molar-refractivity contribution in [3.63, 3.8) is 0 Å². The van der Waals surface area contributed by atoms with Crippen LogP contribution in [0.15, 0.2) is 41.4 Å².